The third kappa shape index (κ3) is 4.56. The molecule has 1 aromatic carbocycles. The fourth-order valence-corrected chi connectivity index (χ4v) is 2.54. The minimum Gasteiger partial charge on any atom is -0.342 e. The lowest BCUT2D eigenvalue weighted by molar-refractivity contribution is -0.131. The lowest BCUT2D eigenvalue weighted by Crippen LogP contribution is -2.33. The molecule has 0 saturated carbocycles. The molecule has 5 heteroatoms. The third-order valence-corrected chi connectivity index (χ3v) is 3.79. The molecular weight excluding hydrogens is 266 g/mol. The second kappa shape index (κ2) is 7.78. The van der Waals surface area contributed by atoms with Crippen LogP contribution < -0.4 is 11.1 Å². The van der Waals surface area contributed by atoms with Crippen LogP contribution in [0.3, 0.4) is 0 Å². The molecule has 1 heterocycles. The second-order valence-electron chi connectivity index (χ2n) is 5.35. The van der Waals surface area contributed by atoms with E-state index in [0.29, 0.717) is 25.9 Å². The Hall–Kier alpha value is -1.88. The van der Waals surface area contributed by atoms with Crippen molar-refractivity contribution in [1.29, 1.82) is 0 Å². The van der Waals surface area contributed by atoms with Crippen LogP contribution in [0.25, 0.3) is 0 Å². The zero-order valence-corrected chi connectivity index (χ0v) is 12.3. The van der Waals surface area contributed by atoms with Crippen LogP contribution in [0.5, 0.6) is 0 Å². The fraction of sp³-hybridized carbons (Fsp3) is 0.500. The van der Waals surface area contributed by atoms with Crippen LogP contribution in [-0.4, -0.2) is 29.8 Å². The summed E-state index contributed by atoms with van der Waals surface area (Å²) in [6.45, 7) is 1.65. The zero-order valence-electron chi connectivity index (χ0n) is 12.3. The Morgan fingerprint density at radius 3 is 2.86 bits per heavy atom. The molecular formula is C16H23N3O2. The minimum atomic E-state index is -0.0760. The van der Waals surface area contributed by atoms with Gasteiger partial charge in [-0.1, -0.05) is 24.6 Å². The Labute approximate surface area is 125 Å². The molecule has 2 rings (SSSR count). The van der Waals surface area contributed by atoms with Gasteiger partial charge >= 0.3 is 0 Å². The highest BCUT2D eigenvalue weighted by Crippen LogP contribution is 2.15. The van der Waals surface area contributed by atoms with E-state index in [1.165, 1.54) is 0 Å². The lowest BCUT2D eigenvalue weighted by atomic mass is 10.1. The second-order valence-corrected chi connectivity index (χ2v) is 5.35. The first kappa shape index (κ1) is 15.5. The van der Waals surface area contributed by atoms with Crippen molar-refractivity contribution < 1.29 is 9.59 Å². The number of nitrogens with two attached hydrogens (primary N) is 1. The number of nitrogens with zero attached hydrogens (tertiary/aromatic N) is 1. The summed E-state index contributed by atoms with van der Waals surface area (Å²) in [6, 6.07) is 7.51. The number of carbonyl (C=O) groups is 2. The van der Waals surface area contributed by atoms with Crippen LogP contribution in [0.4, 0.5) is 5.69 Å². The van der Waals surface area contributed by atoms with Crippen molar-refractivity contribution >= 4 is 17.5 Å². The molecule has 2 amide bonds. The number of hydrogen-bond donors (Lipinski definition) is 2. The molecule has 1 fully saturated rings. The van der Waals surface area contributed by atoms with Crippen LogP contribution in [0.1, 0.15) is 37.7 Å². The van der Waals surface area contributed by atoms with E-state index in [2.05, 4.69) is 5.32 Å². The van der Waals surface area contributed by atoms with E-state index >= 15 is 0 Å². The van der Waals surface area contributed by atoms with E-state index in [9.17, 15) is 9.59 Å². The lowest BCUT2D eigenvalue weighted by Gasteiger charge is -2.20. The topological polar surface area (TPSA) is 75.4 Å². The first-order chi connectivity index (χ1) is 10.2. The van der Waals surface area contributed by atoms with Crippen molar-refractivity contribution in [3.63, 3.8) is 0 Å². The van der Waals surface area contributed by atoms with Gasteiger partial charge in [-0.3, -0.25) is 9.59 Å². The van der Waals surface area contributed by atoms with Crippen LogP contribution >= 0.6 is 0 Å². The Morgan fingerprint density at radius 1 is 1.24 bits per heavy atom. The molecule has 0 bridgehead atoms. The van der Waals surface area contributed by atoms with Gasteiger partial charge in [0.15, 0.2) is 0 Å². The van der Waals surface area contributed by atoms with Crippen molar-refractivity contribution in [2.75, 3.05) is 18.4 Å². The Balaban J connectivity index is 1.85. The molecule has 1 aromatic rings. The van der Waals surface area contributed by atoms with Crippen molar-refractivity contribution in [2.45, 2.75) is 38.6 Å². The number of hydrogen-bond acceptors (Lipinski definition) is 3. The van der Waals surface area contributed by atoms with Gasteiger partial charge in [0.05, 0.1) is 0 Å². The summed E-state index contributed by atoms with van der Waals surface area (Å²) in [5, 5.41) is 2.87. The van der Waals surface area contributed by atoms with Crippen LogP contribution in [0.2, 0.25) is 0 Å². The molecule has 1 aliphatic rings. The molecule has 0 aromatic heterocycles. The normalized spacial score (nSPS) is 15.7. The number of rotatable bonds is 5. The van der Waals surface area contributed by atoms with Gasteiger partial charge in [-0.05, 0) is 24.5 Å². The molecule has 3 N–H and O–H groups in total. The molecule has 0 unspecified atom stereocenters. The highest BCUT2D eigenvalue weighted by molar-refractivity contribution is 5.91. The first-order valence-corrected chi connectivity index (χ1v) is 7.56. The van der Waals surface area contributed by atoms with Gasteiger partial charge in [0.25, 0.3) is 0 Å². The molecule has 1 saturated heterocycles. The van der Waals surface area contributed by atoms with Gasteiger partial charge in [0.2, 0.25) is 11.8 Å². The number of amides is 2. The molecule has 5 nitrogen and oxygen atoms in total. The Morgan fingerprint density at radius 2 is 2.05 bits per heavy atom. The van der Waals surface area contributed by atoms with Gasteiger partial charge in [0.1, 0.15) is 0 Å². The minimum absolute atomic E-state index is 0.0760. The smallest absolute Gasteiger partial charge is 0.226 e. The van der Waals surface area contributed by atoms with Gasteiger partial charge in [0, 0.05) is 38.2 Å². The maximum absolute atomic E-state index is 12.0. The monoisotopic (exact) mass is 289 g/mol. The Bertz CT molecular complexity index is 502. The molecule has 0 radical (unpaired) electrons. The highest BCUT2D eigenvalue weighted by atomic mass is 16.2. The number of anilines is 1. The summed E-state index contributed by atoms with van der Waals surface area (Å²) in [5.41, 5.74) is 7.32. The van der Waals surface area contributed by atoms with Crippen molar-refractivity contribution in [2.24, 2.45) is 5.73 Å². The summed E-state index contributed by atoms with van der Waals surface area (Å²) in [6.07, 6.45) is 4.02. The summed E-state index contributed by atoms with van der Waals surface area (Å²) >= 11 is 0. The quantitative estimate of drug-likeness (QED) is 0.869. The van der Waals surface area contributed by atoms with E-state index < -0.39 is 0 Å². The number of likely N-dealkylation sites (tertiary alicyclic amines) is 1. The third-order valence-electron chi connectivity index (χ3n) is 3.79. The number of carbonyl (C=O) groups excluding carboxylic acids is 2. The molecule has 1 aliphatic heterocycles. The van der Waals surface area contributed by atoms with Gasteiger partial charge in [-0.2, -0.15) is 0 Å². The van der Waals surface area contributed by atoms with Crippen LogP contribution in [0.15, 0.2) is 24.3 Å². The van der Waals surface area contributed by atoms with E-state index in [-0.39, 0.29) is 11.8 Å². The summed E-state index contributed by atoms with van der Waals surface area (Å²) < 4.78 is 0. The van der Waals surface area contributed by atoms with Gasteiger partial charge in [-0.25, -0.2) is 0 Å². The van der Waals surface area contributed by atoms with Crippen molar-refractivity contribution in [1.82, 2.24) is 4.90 Å². The predicted molar refractivity (Wildman–Crippen MR) is 82.6 cm³/mol. The maximum Gasteiger partial charge on any atom is 0.226 e. The predicted octanol–water partition coefficient (Wildman–Crippen LogP) is 1.88. The van der Waals surface area contributed by atoms with E-state index in [1.807, 2.05) is 24.3 Å². The summed E-state index contributed by atoms with van der Waals surface area (Å²) in [5.74, 6) is 0.0932. The average molecular weight is 289 g/mol. The number of nitrogens with one attached hydrogen (secondary N) is 1. The number of benzene rings is 1. The molecule has 0 aliphatic carbocycles. The zero-order chi connectivity index (χ0) is 15.1. The van der Waals surface area contributed by atoms with Crippen LogP contribution in [0, 0.1) is 0 Å². The molecule has 114 valence electrons. The summed E-state index contributed by atoms with van der Waals surface area (Å²) in [7, 11) is 0. The average Bonchev–Trinajstić information content (AvgIpc) is 2.70. The van der Waals surface area contributed by atoms with E-state index in [1.54, 1.807) is 4.90 Å². The van der Waals surface area contributed by atoms with Crippen LogP contribution in [-0.2, 0) is 16.1 Å². The first-order valence-electron chi connectivity index (χ1n) is 7.56. The highest BCUT2D eigenvalue weighted by Gasteiger charge is 2.17. The molecule has 0 atom stereocenters. The standard InChI is InChI=1S/C16H23N3O2/c17-12-13-6-3-4-7-14(13)18-15(20)9-11-19-10-5-1-2-8-16(19)21/h3-4,6-7H,1-2,5,8-12,17H2,(H,18,20). The number of para-hydroxylation sites is 1. The van der Waals surface area contributed by atoms with E-state index in [0.717, 1.165) is 37.1 Å². The molecule has 0 spiro atoms. The maximum atomic E-state index is 12.0. The van der Waals surface area contributed by atoms with Crippen molar-refractivity contribution in [3.8, 4) is 0 Å². The van der Waals surface area contributed by atoms with E-state index in [4.69, 9.17) is 5.73 Å². The Kier molecular flexibility index (Phi) is 5.75. The SMILES string of the molecule is NCc1ccccc1NC(=O)CCN1CCCCCC1=O. The largest absolute Gasteiger partial charge is 0.342 e. The van der Waals surface area contributed by atoms with Gasteiger partial charge in [-0.15, -0.1) is 0 Å². The van der Waals surface area contributed by atoms with Crippen molar-refractivity contribution in [3.05, 3.63) is 29.8 Å². The summed E-state index contributed by atoms with van der Waals surface area (Å²) in [4.78, 5) is 25.7. The molecule has 21 heavy (non-hydrogen) atoms. The van der Waals surface area contributed by atoms with Gasteiger partial charge < -0.3 is 16.0 Å². The fourth-order valence-electron chi connectivity index (χ4n) is 2.54.